The fourth-order valence-electron chi connectivity index (χ4n) is 1.84. The van der Waals surface area contributed by atoms with Gasteiger partial charge in [-0.15, -0.1) is 0 Å². The molecule has 3 heteroatoms. The summed E-state index contributed by atoms with van der Waals surface area (Å²) < 4.78 is 5.35. The zero-order valence-electron chi connectivity index (χ0n) is 9.98. The number of morpholine rings is 1. The minimum absolute atomic E-state index is 0.621. The minimum atomic E-state index is 0.621. The molecule has 0 atom stereocenters. The van der Waals surface area contributed by atoms with Crippen molar-refractivity contribution in [1.29, 1.82) is 0 Å². The van der Waals surface area contributed by atoms with Crippen LogP contribution in [0.4, 0.5) is 5.69 Å². The van der Waals surface area contributed by atoms with E-state index in [-0.39, 0.29) is 0 Å². The third-order valence-electron chi connectivity index (χ3n) is 2.72. The molecule has 0 spiro atoms. The molecular weight excluding hydrogens is 212 g/mol. The molecule has 1 heterocycles. The van der Waals surface area contributed by atoms with E-state index in [9.17, 15) is 0 Å². The van der Waals surface area contributed by atoms with Crippen molar-refractivity contribution in [3.63, 3.8) is 0 Å². The highest BCUT2D eigenvalue weighted by Gasteiger charge is 2.10. The van der Waals surface area contributed by atoms with Crippen molar-refractivity contribution in [2.75, 3.05) is 37.7 Å². The van der Waals surface area contributed by atoms with Gasteiger partial charge in [0.25, 0.3) is 0 Å². The number of rotatable bonds is 2. The van der Waals surface area contributed by atoms with Crippen molar-refractivity contribution in [3.8, 4) is 11.8 Å². The molecule has 1 saturated heterocycles. The molecule has 1 aliphatic heterocycles. The lowest BCUT2D eigenvalue weighted by Crippen LogP contribution is -2.36. The SMILES string of the molecule is NCCC#Cc1cccc(N2CCOCC2)c1. The van der Waals surface area contributed by atoms with Crippen LogP contribution in [0.25, 0.3) is 0 Å². The molecule has 0 unspecified atom stereocenters. The van der Waals surface area contributed by atoms with E-state index >= 15 is 0 Å². The summed E-state index contributed by atoms with van der Waals surface area (Å²) in [6.45, 7) is 4.15. The van der Waals surface area contributed by atoms with Gasteiger partial charge in [-0.2, -0.15) is 0 Å². The van der Waals surface area contributed by atoms with Crippen LogP contribution < -0.4 is 10.6 Å². The van der Waals surface area contributed by atoms with E-state index in [4.69, 9.17) is 10.5 Å². The molecule has 1 aromatic rings. The van der Waals surface area contributed by atoms with Crippen LogP contribution in [-0.4, -0.2) is 32.8 Å². The number of ether oxygens (including phenoxy) is 1. The molecule has 1 aliphatic rings. The van der Waals surface area contributed by atoms with Gasteiger partial charge in [0, 0.05) is 37.3 Å². The van der Waals surface area contributed by atoms with E-state index in [1.54, 1.807) is 0 Å². The first-order valence-corrected chi connectivity index (χ1v) is 6.02. The fraction of sp³-hybridized carbons (Fsp3) is 0.429. The van der Waals surface area contributed by atoms with Gasteiger partial charge in [0.15, 0.2) is 0 Å². The highest BCUT2D eigenvalue weighted by atomic mass is 16.5. The Hall–Kier alpha value is -1.50. The Kier molecular flexibility index (Phi) is 4.43. The average molecular weight is 230 g/mol. The van der Waals surface area contributed by atoms with Crippen molar-refractivity contribution < 1.29 is 4.74 Å². The van der Waals surface area contributed by atoms with Gasteiger partial charge in [0.2, 0.25) is 0 Å². The molecule has 3 nitrogen and oxygen atoms in total. The Balaban J connectivity index is 2.08. The predicted octanol–water partition coefficient (Wildman–Crippen LogP) is 1.22. The summed E-state index contributed by atoms with van der Waals surface area (Å²) in [6.07, 6.45) is 0.752. The maximum absolute atomic E-state index is 5.41. The second-order valence-corrected chi connectivity index (χ2v) is 3.99. The first-order chi connectivity index (χ1) is 8.40. The lowest BCUT2D eigenvalue weighted by Gasteiger charge is -2.28. The highest BCUT2D eigenvalue weighted by Crippen LogP contribution is 2.16. The Morgan fingerprint density at radius 3 is 2.88 bits per heavy atom. The van der Waals surface area contributed by atoms with Gasteiger partial charge < -0.3 is 15.4 Å². The quantitative estimate of drug-likeness (QED) is 0.776. The summed E-state index contributed by atoms with van der Waals surface area (Å²) in [5.74, 6) is 6.20. The maximum atomic E-state index is 5.41. The molecule has 0 bridgehead atoms. The van der Waals surface area contributed by atoms with Crippen molar-refractivity contribution in [3.05, 3.63) is 29.8 Å². The normalized spacial score (nSPS) is 15.2. The summed E-state index contributed by atoms with van der Waals surface area (Å²) in [5.41, 5.74) is 7.70. The zero-order chi connectivity index (χ0) is 11.9. The van der Waals surface area contributed by atoms with E-state index in [1.807, 2.05) is 6.07 Å². The molecule has 0 amide bonds. The molecule has 2 rings (SSSR count). The van der Waals surface area contributed by atoms with E-state index in [1.165, 1.54) is 5.69 Å². The number of hydrogen-bond donors (Lipinski definition) is 1. The molecule has 0 radical (unpaired) electrons. The van der Waals surface area contributed by atoms with Gasteiger partial charge in [-0.25, -0.2) is 0 Å². The lowest BCUT2D eigenvalue weighted by molar-refractivity contribution is 0.122. The standard InChI is InChI=1S/C14H18N2O/c15-7-2-1-4-13-5-3-6-14(12-13)16-8-10-17-11-9-16/h3,5-6,12H,2,7-11,15H2. The summed E-state index contributed by atoms with van der Waals surface area (Å²) in [5, 5.41) is 0. The molecule has 17 heavy (non-hydrogen) atoms. The number of benzene rings is 1. The monoisotopic (exact) mass is 230 g/mol. The third kappa shape index (κ3) is 3.48. The Morgan fingerprint density at radius 1 is 1.29 bits per heavy atom. The van der Waals surface area contributed by atoms with Crippen LogP contribution in [0.5, 0.6) is 0 Å². The van der Waals surface area contributed by atoms with Crippen molar-refractivity contribution >= 4 is 5.69 Å². The Morgan fingerprint density at radius 2 is 2.12 bits per heavy atom. The van der Waals surface area contributed by atoms with Crippen LogP contribution in [0.1, 0.15) is 12.0 Å². The molecule has 1 fully saturated rings. The smallest absolute Gasteiger partial charge is 0.0642 e. The van der Waals surface area contributed by atoms with Crippen molar-refractivity contribution in [2.45, 2.75) is 6.42 Å². The van der Waals surface area contributed by atoms with Crippen LogP contribution in [0.2, 0.25) is 0 Å². The van der Waals surface area contributed by atoms with Gasteiger partial charge in [0.05, 0.1) is 13.2 Å². The topological polar surface area (TPSA) is 38.5 Å². The number of anilines is 1. The average Bonchev–Trinajstić information content (AvgIpc) is 2.41. The first-order valence-electron chi connectivity index (χ1n) is 6.02. The minimum Gasteiger partial charge on any atom is -0.378 e. The van der Waals surface area contributed by atoms with Crippen LogP contribution in [0.15, 0.2) is 24.3 Å². The fourth-order valence-corrected chi connectivity index (χ4v) is 1.84. The largest absolute Gasteiger partial charge is 0.378 e. The lowest BCUT2D eigenvalue weighted by atomic mass is 10.2. The molecule has 2 N–H and O–H groups in total. The molecule has 1 aromatic carbocycles. The van der Waals surface area contributed by atoms with Gasteiger partial charge in [-0.3, -0.25) is 0 Å². The number of hydrogen-bond acceptors (Lipinski definition) is 3. The van der Waals surface area contributed by atoms with Crippen molar-refractivity contribution in [1.82, 2.24) is 0 Å². The highest BCUT2D eigenvalue weighted by molar-refractivity contribution is 5.52. The molecule has 0 aliphatic carbocycles. The summed E-state index contributed by atoms with van der Waals surface area (Å²) in [6, 6.07) is 8.35. The molecule has 0 saturated carbocycles. The molecular formula is C14H18N2O. The summed E-state index contributed by atoms with van der Waals surface area (Å²) in [4.78, 5) is 2.33. The second kappa shape index (κ2) is 6.29. The van der Waals surface area contributed by atoms with Gasteiger partial charge >= 0.3 is 0 Å². The van der Waals surface area contributed by atoms with Crippen LogP contribution in [0.3, 0.4) is 0 Å². The first kappa shape index (κ1) is 12.0. The Bertz CT molecular complexity index is 414. The van der Waals surface area contributed by atoms with Crippen LogP contribution >= 0.6 is 0 Å². The maximum Gasteiger partial charge on any atom is 0.0642 e. The van der Waals surface area contributed by atoms with E-state index in [0.717, 1.165) is 38.3 Å². The number of nitrogens with two attached hydrogens (primary N) is 1. The van der Waals surface area contributed by atoms with Crippen LogP contribution in [-0.2, 0) is 4.74 Å². The van der Waals surface area contributed by atoms with Gasteiger partial charge in [-0.1, -0.05) is 17.9 Å². The van der Waals surface area contributed by atoms with Gasteiger partial charge in [0.1, 0.15) is 0 Å². The van der Waals surface area contributed by atoms with E-state index < -0.39 is 0 Å². The summed E-state index contributed by atoms with van der Waals surface area (Å²) in [7, 11) is 0. The van der Waals surface area contributed by atoms with E-state index in [0.29, 0.717) is 6.54 Å². The third-order valence-corrected chi connectivity index (χ3v) is 2.72. The summed E-state index contributed by atoms with van der Waals surface area (Å²) >= 11 is 0. The Labute approximate surface area is 103 Å². The second-order valence-electron chi connectivity index (χ2n) is 3.99. The predicted molar refractivity (Wildman–Crippen MR) is 70.0 cm³/mol. The number of nitrogens with zero attached hydrogens (tertiary/aromatic N) is 1. The van der Waals surface area contributed by atoms with Crippen molar-refractivity contribution in [2.24, 2.45) is 5.73 Å². The van der Waals surface area contributed by atoms with Gasteiger partial charge in [-0.05, 0) is 18.2 Å². The zero-order valence-corrected chi connectivity index (χ0v) is 9.98. The van der Waals surface area contributed by atoms with Crippen LogP contribution in [0, 0.1) is 11.8 Å². The molecule has 90 valence electrons. The van der Waals surface area contributed by atoms with E-state index in [2.05, 4.69) is 34.9 Å². The molecule has 0 aromatic heterocycles.